The third-order valence-corrected chi connectivity index (χ3v) is 2.77. The molecule has 0 aliphatic heterocycles. The van der Waals surface area contributed by atoms with Crippen LogP contribution >= 0.6 is 0 Å². The maximum Gasteiger partial charge on any atom is 0.254 e. The molecule has 0 heterocycles. The first-order valence-electron chi connectivity index (χ1n) is 6.61. The van der Waals surface area contributed by atoms with E-state index in [2.05, 4.69) is 18.8 Å². The average Bonchev–Trinajstić information content (AvgIpc) is 2.41. The fourth-order valence-corrected chi connectivity index (χ4v) is 1.87. The largest absolute Gasteiger partial charge is 0.384 e. The lowest BCUT2D eigenvalue weighted by Crippen LogP contribution is -2.37. The van der Waals surface area contributed by atoms with Crippen LogP contribution in [0.25, 0.3) is 0 Å². The third-order valence-electron chi connectivity index (χ3n) is 2.77. The minimum absolute atomic E-state index is 0.0319. The molecule has 0 unspecified atom stereocenters. The summed E-state index contributed by atoms with van der Waals surface area (Å²) in [6, 6.07) is 7.41. The van der Waals surface area contributed by atoms with Gasteiger partial charge >= 0.3 is 0 Å². The predicted octanol–water partition coefficient (Wildman–Crippen LogP) is 2.29. The molecule has 1 aromatic rings. The highest BCUT2D eigenvalue weighted by Gasteiger charge is 2.17. The van der Waals surface area contributed by atoms with Gasteiger partial charge in [0.05, 0.1) is 0 Å². The topological polar surface area (TPSA) is 40.5 Å². The lowest BCUT2D eigenvalue weighted by molar-refractivity contribution is 0.0706. The monoisotopic (exact) mass is 259 g/mol. The van der Waals surface area contributed by atoms with Crippen molar-refractivity contribution in [3.8, 4) is 11.8 Å². The van der Waals surface area contributed by atoms with Crippen molar-refractivity contribution < 1.29 is 9.90 Å². The maximum atomic E-state index is 12.4. The molecule has 102 valence electrons. The van der Waals surface area contributed by atoms with E-state index in [1.807, 2.05) is 30.9 Å². The lowest BCUT2D eigenvalue weighted by atomic mass is 10.1. The first-order chi connectivity index (χ1) is 9.10. The van der Waals surface area contributed by atoms with Crippen molar-refractivity contribution in [1.29, 1.82) is 0 Å². The van der Waals surface area contributed by atoms with E-state index in [1.54, 1.807) is 12.1 Å². The second-order valence-electron chi connectivity index (χ2n) is 4.63. The van der Waals surface area contributed by atoms with E-state index in [0.717, 1.165) is 18.5 Å². The SMILES string of the molecule is CCCN(C(=O)c1cccc(C#CCO)c1)C(C)C. The summed E-state index contributed by atoms with van der Waals surface area (Å²) < 4.78 is 0. The van der Waals surface area contributed by atoms with Gasteiger partial charge in [0.1, 0.15) is 6.61 Å². The smallest absolute Gasteiger partial charge is 0.254 e. The zero-order chi connectivity index (χ0) is 14.3. The summed E-state index contributed by atoms with van der Waals surface area (Å²) in [6.07, 6.45) is 0.938. The number of nitrogens with zero attached hydrogens (tertiary/aromatic N) is 1. The quantitative estimate of drug-likeness (QED) is 0.843. The summed E-state index contributed by atoms with van der Waals surface area (Å²) in [5.41, 5.74) is 1.40. The molecule has 0 saturated heterocycles. The molecular weight excluding hydrogens is 238 g/mol. The molecule has 0 fully saturated rings. The van der Waals surface area contributed by atoms with Crippen molar-refractivity contribution >= 4 is 5.91 Å². The number of carbonyl (C=O) groups is 1. The van der Waals surface area contributed by atoms with Crippen molar-refractivity contribution in [3.05, 3.63) is 35.4 Å². The van der Waals surface area contributed by atoms with Crippen LogP contribution in [0.4, 0.5) is 0 Å². The van der Waals surface area contributed by atoms with Gasteiger partial charge in [0, 0.05) is 23.7 Å². The number of amides is 1. The van der Waals surface area contributed by atoms with Gasteiger partial charge in [-0.05, 0) is 38.5 Å². The van der Waals surface area contributed by atoms with E-state index in [1.165, 1.54) is 0 Å². The van der Waals surface area contributed by atoms with Crippen LogP contribution in [0, 0.1) is 11.8 Å². The number of hydrogen-bond donors (Lipinski definition) is 1. The third kappa shape index (κ3) is 4.42. The Bertz CT molecular complexity index is 483. The summed E-state index contributed by atoms with van der Waals surface area (Å²) in [4.78, 5) is 14.3. The Kier molecular flexibility index (Phi) is 6.11. The number of benzene rings is 1. The summed E-state index contributed by atoms with van der Waals surface area (Å²) >= 11 is 0. The molecule has 0 radical (unpaired) electrons. The lowest BCUT2D eigenvalue weighted by Gasteiger charge is -2.26. The Balaban J connectivity index is 2.98. The molecule has 3 heteroatoms. The van der Waals surface area contributed by atoms with Gasteiger partial charge in [-0.2, -0.15) is 0 Å². The zero-order valence-corrected chi connectivity index (χ0v) is 11.8. The fourth-order valence-electron chi connectivity index (χ4n) is 1.87. The highest BCUT2D eigenvalue weighted by atomic mass is 16.2. The first kappa shape index (κ1) is 15.3. The van der Waals surface area contributed by atoms with E-state index < -0.39 is 0 Å². The van der Waals surface area contributed by atoms with E-state index in [-0.39, 0.29) is 18.6 Å². The van der Waals surface area contributed by atoms with Gasteiger partial charge in [-0.1, -0.05) is 24.8 Å². The minimum Gasteiger partial charge on any atom is -0.384 e. The van der Waals surface area contributed by atoms with Crippen LogP contribution < -0.4 is 0 Å². The molecule has 1 aromatic carbocycles. The number of rotatable bonds is 4. The second kappa shape index (κ2) is 7.60. The highest BCUT2D eigenvalue weighted by molar-refractivity contribution is 5.94. The molecule has 0 aromatic heterocycles. The maximum absolute atomic E-state index is 12.4. The molecule has 3 nitrogen and oxygen atoms in total. The van der Waals surface area contributed by atoms with Gasteiger partial charge in [-0.25, -0.2) is 0 Å². The van der Waals surface area contributed by atoms with Crippen molar-refractivity contribution in [2.45, 2.75) is 33.2 Å². The van der Waals surface area contributed by atoms with Crippen LogP contribution in [0.1, 0.15) is 43.1 Å². The van der Waals surface area contributed by atoms with Crippen LogP contribution in [0.5, 0.6) is 0 Å². The van der Waals surface area contributed by atoms with Crippen LogP contribution in [-0.4, -0.2) is 35.1 Å². The Labute approximate surface area is 115 Å². The van der Waals surface area contributed by atoms with Crippen LogP contribution in [0.2, 0.25) is 0 Å². The van der Waals surface area contributed by atoms with Gasteiger partial charge in [0.2, 0.25) is 0 Å². The molecular formula is C16H21NO2. The Morgan fingerprint density at radius 3 is 2.74 bits per heavy atom. The van der Waals surface area contributed by atoms with Crippen LogP contribution in [-0.2, 0) is 0 Å². The number of aliphatic hydroxyl groups excluding tert-OH is 1. The fraction of sp³-hybridized carbons (Fsp3) is 0.438. The normalized spacial score (nSPS) is 9.95. The predicted molar refractivity (Wildman–Crippen MR) is 76.9 cm³/mol. The highest BCUT2D eigenvalue weighted by Crippen LogP contribution is 2.11. The molecule has 19 heavy (non-hydrogen) atoms. The molecule has 0 spiro atoms. The molecule has 0 atom stereocenters. The van der Waals surface area contributed by atoms with Crippen molar-refractivity contribution in [2.24, 2.45) is 0 Å². The Hall–Kier alpha value is -1.79. The molecule has 1 rings (SSSR count). The second-order valence-corrected chi connectivity index (χ2v) is 4.63. The summed E-state index contributed by atoms with van der Waals surface area (Å²) in [7, 11) is 0. The molecule has 0 aliphatic rings. The molecule has 1 amide bonds. The van der Waals surface area contributed by atoms with E-state index in [4.69, 9.17) is 5.11 Å². The molecule has 0 bridgehead atoms. The first-order valence-corrected chi connectivity index (χ1v) is 6.61. The average molecular weight is 259 g/mol. The summed E-state index contributed by atoms with van der Waals surface area (Å²) in [6.45, 7) is 6.67. The Morgan fingerprint density at radius 2 is 2.16 bits per heavy atom. The number of carbonyl (C=O) groups excluding carboxylic acids is 1. The van der Waals surface area contributed by atoms with E-state index in [9.17, 15) is 4.79 Å². The van der Waals surface area contributed by atoms with E-state index >= 15 is 0 Å². The minimum atomic E-state index is -0.174. The molecule has 0 aliphatic carbocycles. The van der Waals surface area contributed by atoms with Gasteiger partial charge < -0.3 is 10.0 Å². The van der Waals surface area contributed by atoms with Gasteiger partial charge in [0.15, 0.2) is 0 Å². The Morgan fingerprint density at radius 1 is 1.42 bits per heavy atom. The molecule has 0 saturated carbocycles. The van der Waals surface area contributed by atoms with Gasteiger partial charge in [0.25, 0.3) is 5.91 Å². The zero-order valence-electron chi connectivity index (χ0n) is 11.8. The standard InChI is InChI=1S/C16H21NO2/c1-4-10-17(13(2)3)16(19)15-9-5-7-14(12-15)8-6-11-18/h5,7,9,12-13,18H,4,10-11H2,1-3H3. The van der Waals surface area contributed by atoms with Gasteiger partial charge in [-0.15, -0.1) is 0 Å². The van der Waals surface area contributed by atoms with Crippen molar-refractivity contribution in [2.75, 3.05) is 13.2 Å². The van der Waals surface area contributed by atoms with Crippen LogP contribution in [0.3, 0.4) is 0 Å². The van der Waals surface area contributed by atoms with Crippen molar-refractivity contribution in [3.63, 3.8) is 0 Å². The number of aliphatic hydroxyl groups is 1. The summed E-state index contributed by atoms with van der Waals surface area (Å²) in [5, 5.41) is 8.69. The van der Waals surface area contributed by atoms with Gasteiger partial charge in [-0.3, -0.25) is 4.79 Å². The molecule has 1 N–H and O–H groups in total. The summed E-state index contributed by atoms with van der Waals surface area (Å²) in [5.74, 6) is 5.44. The van der Waals surface area contributed by atoms with Crippen molar-refractivity contribution in [1.82, 2.24) is 4.90 Å². The van der Waals surface area contributed by atoms with Crippen LogP contribution in [0.15, 0.2) is 24.3 Å². The number of hydrogen-bond acceptors (Lipinski definition) is 2. The van der Waals surface area contributed by atoms with E-state index in [0.29, 0.717) is 5.56 Å².